The molecule has 1 fully saturated rings. The molecule has 1 aromatic carbocycles. The van der Waals surface area contributed by atoms with Crippen LogP contribution in [0.1, 0.15) is 35.7 Å². The lowest BCUT2D eigenvalue weighted by molar-refractivity contribution is 0.0526. The van der Waals surface area contributed by atoms with E-state index in [1.54, 1.807) is 26.0 Å². The Bertz CT molecular complexity index is 604. The zero-order chi connectivity index (χ0) is 14.8. The third kappa shape index (κ3) is 2.86. The smallest absolute Gasteiger partial charge is 0.338 e. The third-order valence-electron chi connectivity index (χ3n) is 3.38. The van der Waals surface area contributed by atoms with E-state index in [0.717, 1.165) is 12.8 Å². The van der Waals surface area contributed by atoms with E-state index in [2.05, 4.69) is 0 Å². The SMILES string of the molecule is CCOC(=O)c1ccc(C)c(S(=O)(=O)N2CCCC2)c1. The van der Waals surface area contributed by atoms with Crippen LogP contribution in [-0.2, 0) is 14.8 Å². The van der Waals surface area contributed by atoms with Gasteiger partial charge >= 0.3 is 5.97 Å². The summed E-state index contributed by atoms with van der Waals surface area (Å²) in [7, 11) is -3.51. The molecule has 0 bridgehead atoms. The van der Waals surface area contributed by atoms with Crippen molar-refractivity contribution in [3.05, 3.63) is 29.3 Å². The number of carbonyl (C=O) groups excluding carboxylic acids is 1. The first-order chi connectivity index (χ1) is 9.46. The maximum atomic E-state index is 12.6. The van der Waals surface area contributed by atoms with Crippen molar-refractivity contribution in [3.8, 4) is 0 Å². The van der Waals surface area contributed by atoms with Crippen LogP contribution in [0.25, 0.3) is 0 Å². The molecule has 0 N–H and O–H groups in total. The molecule has 6 heteroatoms. The molecule has 0 spiro atoms. The Labute approximate surface area is 119 Å². The van der Waals surface area contributed by atoms with E-state index in [1.165, 1.54) is 10.4 Å². The predicted octanol–water partition coefficient (Wildman–Crippen LogP) is 1.96. The van der Waals surface area contributed by atoms with Gasteiger partial charge in [0.15, 0.2) is 0 Å². The highest BCUT2D eigenvalue weighted by atomic mass is 32.2. The minimum Gasteiger partial charge on any atom is -0.462 e. The van der Waals surface area contributed by atoms with Gasteiger partial charge in [0.05, 0.1) is 17.1 Å². The fraction of sp³-hybridized carbons (Fsp3) is 0.500. The van der Waals surface area contributed by atoms with E-state index in [0.29, 0.717) is 18.7 Å². The number of benzene rings is 1. The maximum Gasteiger partial charge on any atom is 0.338 e. The van der Waals surface area contributed by atoms with Crippen LogP contribution in [0.4, 0.5) is 0 Å². The second-order valence-electron chi connectivity index (χ2n) is 4.81. The summed E-state index contributed by atoms with van der Waals surface area (Å²) in [4.78, 5) is 11.9. The van der Waals surface area contributed by atoms with E-state index in [1.807, 2.05) is 0 Å². The maximum absolute atomic E-state index is 12.6. The minimum atomic E-state index is -3.51. The Balaban J connectivity index is 2.40. The summed E-state index contributed by atoms with van der Waals surface area (Å²) in [5, 5.41) is 0. The van der Waals surface area contributed by atoms with E-state index in [4.69, 9.17) is 4.74 Å². The molecule has 1 aromatic rings. The van der Waals surface area contributed by atoms with E-state index >= 15 is 0 Å². The zero-order valence-electron chi connectivity index (χ0n) is 11.8. The van der Waals surface area contributed by atoms with E-state index in [-0.39, 0.29) is 17.1 Å². The van der Waals surface area contributed by atoms with Gasteiger partial charge in [0, 0.05) is 13.1 Å². The number of sulfonamides is 1. The molecule has 0 aromatic heterocycles. The Morgan fingerprint density at radius 2 is 1.95 bits per heavy atom. The monoisotopic (exact) mass is 297 g/mol. The lowest BCUT2D eigenvalue weighted by atomic mass is 10.1. The molecule has 1 saturated heterocycles. The summed E-state index contributed by atoms with van der Waals surface area (Å²) in [6, 6.07) is 4.66. The second-order valence-corrected chi connectivity index (χ2v) is 6.72. The highest BCUT2D eigenvalue weighted by Gasteiger charge is 2.29. The summed E-state index contributed by atoms with van der Waals surface area (Å²) < 4.78 is 31.5. The van der Waals surface area contributed by atoms with Crippen LogP contribution in [0.3, 0.4) is 0 Å². The molecule has 0 aliphatic carbocycles. The van der Waals surface area contributed by atoms with Crippen molar-refractivity contribution >= 4 is 16.0 Å². The first kappa shape index (κ1) is 15.0. The summed E-state index contributed by atoms with van der Waals surface area (Å²) in [6.07, 6.45) is 1.77. The molecule has 1 heterocycles. The molecule has 0 radical (unpaired) electrons. The quantitative estimate of drug-likeness (QED) is 0.797. The first-order valence-electron chi connectivity index (χ1n) is 6.74. The minimum absolute atomic E-state index is 0.199. The Morgan fingerprint density at radius 3 is 2.55 bits per heavy atom. The lowest BCUT2D eigenvalue weighted by Crippen LogP contribution is -2.28. The molecule has 1 aliphatic heterocycles. The summed E-state index contributed by atoms with van der Waals surface area (Å²) in [5.41, 5.74) is 0.917. The normalized spacial score (nSPS) is 16.3. The average Bonchev–Trinajstić information content (AvgIpc) is 2.93. The molecular weight excluding hydrogens is 278 g/mol. The first-order valence-corrected chi connectivity index (χ1v) is 8.18. The molecule has 0 unspecified atom stereocenters. The van der Waals surface area contributed by atoms with Crippen molar-refractivity contribution in [2.45, 2.75) is 31.6 Å². The van der Waals surface area contributed by atoms with Gasteiger partial charge < -0.3 is 4.74 Å². The Hall–Kier alpha value is -1.40. The van der Waals surface area contributed by atoms with Gasteiger partial charge in [0.1, 0.15) is 0 Å². The van der Waals surface area contributed by atoms with Gasteiger partial charge in [-0.1, -0.05) is 6.07 Å². The van der Waals surface area contributed by atoms with Crippen LogP contribution >= 0.6 is 0 Å². The van der Waals surface area contributed by atoms with Gasteiger partial charge in [-0.15, -0.1) is 0 Å². The van der Waals surface area contributed by atoms with Crippen molar-refractivity contribution in [1.82, 2.24) is 4.31 Å². The Morgan fingerprint density at radius 1 is 1.30 bits per heavy atom. The number of carbonyl (C=O) groups is 1. The largest absolute Gasteiger partial charge is 0.462 e. The molecule has 2 rings (SSSR count). The second kappa shape index (κ2) is 5.93. The van der Waals surface area contributed by atoms with Crippen molar-refractivity contribution in [2.24, 2.45) is 0 Å². The summed E-state index contributed by atoms with van der Waals surface area (Å²) in [6.45, 7) is 4.81. The number of nitrogens with zero attached hydrogens (tertiary/aromatic N) is 1. The molecule has 0 atom stereocenters. The van der Waals surface area contributed by atoms with Crippen molar-refractivity contribution in [2.75, 3.05) is 19.7 Å². The van der Waals surface area contributed by atoms with Crippen LogP contribution in [0.15, 0.2) is 23.1 Å². The Kier molecular flexibility index (Phi) is 4.45. The van der Waals surface area contributed by atoms with Crippen molar-refractivity contribution < 1.29 is 17.9 Å². The number of rotatable bonds is 4. The van der Waals surface area contributed by atoms with Gasteiger partial charge in [-0.2, -0.15) is 4.31 Å². The zero-order valence-corrected chi connectivity index (χ0v) is 12.6. The average molecular weight is 297 g/mol. The van der Waals surface area contributed by atoms with Crippen LogP contribution in [0.5, 0.6) is 0 Å². The number of hydrogen-bond acceptors (Lipinski definition) is 4. The molecule has 1 aliphatic rings. The predicted molar refractivity (Wildman–Crippen MR) is 75.1 cm³/mol. The van der Waals surface area contributed by atoms with Gasteiger partial charge in [0.25, 0.3) is 0 Å². The van der Waals surface area contributed by atoms with Crippen LogP contribution in [0.2, 0.25) is 0 Å². The molecule has 0 amide bonds. The van der Waals surface area contributed by atoms with Crippen molar-refractivity contribution in [3.63, 3.8) is 0 Å². The number of ether oxygens (including phenoxy) is 1. The van der Waals surface area contributed by atoms with E-state index < -0.39 is 16.0 Å². The highest BCUT2D eigenvalue weighted by Crippen LogP contribution is 2.24. The molecule has 5 nitrogen and oxygen atoms in total. The van der Waals surface area contributed by atoms with Crippen molar-refractivity contribution in [1.29, 1.82) is 0 Å². The molecule has 20 heavy (non-hydrogen) atoms. The van der Waals surface area contributed by atoms with Crippen LogP contribution in [0, 0.1) is 6.92 Å². The lowest BCUT2D eigenvalue weighted by Gasteiger charge is -2.17. The highest BCUT2D eigenvalue weighted by molar-refractivity contribution is 7.89. The fourth-order valence-corrected chi connectivity index (χ4v) is 4.05. The van der Waals surface area contributed by atoms with Crippen LogP contribution < -0.4 is 0 Å². The number of esters is 1. The fourth-order valence-electron chi connectivity index (χ4n) is 2.29. The van der Waals surface area contributed by atoms with Crippen LogP contribution in [-0.4, -0.2) is 38.4 Å². The molecular formula is C14H19NO4S. The third-order valence-corrected chi connectivity index (χ3v) is 5.42. The van der Waals surface area contributed by atoms with Gasteiger partial charge in [-0.05, 0) is 44.4 Å². The summed E-state index contributed by atoms with van der Waals surface area (Å²) >= 11 is 0. The summed E-state index contributed by atoms with van der Waals surface area (Å²) in [5.74, 6) is -0.495. The molecule has 110 valence electrons. The standard InChI is InChI=1S/C14H19NO4S/c1-3-19-14(16)12-7-6-11(2)13(10-12)20(17,18)15-8-4-5-9-15/h6-7,10H,3-5,8-9H2,1-2H3. The molecule has 0 saturated carbocycles. The van der Waals surface area contributed by atoms with Gasteiger partial charge in [-0.25, -0.2) is 13.2 Å². The van der Waals surface area contributed by atoms with Gasteiger partial charge in [-0.3, -0.25) is 0 Å². The topological polar surface area (TPSA) is 63.7 Å². The number of aryl methyl sites for hydroxylation is 1. The number of hydrogen-bond donors (Lipinski definition) is 0. The van der Waals surface area contributed by atoms with Gasteiger partial charge in [0.2, 0.25) is 10.0 Å². The van der Waals surface area contributed by atoms with E-state index in [9.17, 15) is 13.2 Å².